The standard InChI is InChI=1S/C11H10N2O2S/c1-7-4-2-3-5-8(7)13-10(15)6-9(14)12-11(13)16/h2-5H,6H2,1H3,(H,12,14,16). The number of nitrogens with one attached hydrogen (secondary N) is 1. The Morgan fingerprint density at radius 3 is 2.62 bits per heavy atom. The van der Waals surface area contributed by atoms with Crippen molar-refractivity contribution in [3.05, 3.63) is 29.8 Å². The van der Waals surface area contributed by atoms with Gasteiger partial charge in [-0.3, -0.25) is 14.5 Å². The van der Waals surface area contributed by atoms with E-state index < -0.39 is 0 Å². The van der Waals surface area contributed by atoms with Crippen LogP contribution in [0.3, 0.4) is 0 Å². The lowest BCUT2D eigenvalue weighted by molar-refractivity contribution is -0.127. The number of nitrogens with zero attached hydrogens (tertiary/aromatic N) is 1. The summed E-state index contributed by atoms with van der Waals surface area (Å²) in [5.41, 5.74) is 1.66. The molecule has 1 aromatic carbocycles. The van der Waals surface area contributed by atoms with Gasteiger partial charge in [-0.2, -0.15) is 0 Å². The normalized spacial score (nSPS) is 16.3. The smallest absolute Gasteiger partial charge is 0.242 e. The number of carbonyl (C=O) groups excluding carboxylic acids is 2. The SMILES string of the molecule is Cc1ccccc1N1C(=O)CC(=O)NC1=S. The first kappa shape index (κ1) is 10.8. The first-order valence-electron chi connectivity index (χ1n) is 4.82. The second-order valence-corrected chi connectivity index (χ2v) is 3.93. The summed E-state index contributed by atoms with van der Waals surface area (Å²) in [7, 11) is 0. The molecule has 4 nitrogen and oxygen atoms in total. The molecule has 1 heterocycles. The molecule has 0 aliphatic carbocycles. The van der Waals surface area contributed by atoms with E-state index in [-0.39, 0.29) is 23.3 Å². The highest BCUT2D eigenvalue weighted by molar-refractivity contribution is 7.80. The molecule has 1 aromatic rings. The largest absolute Gasteiger partial charge is 0.302 e. The molecule has 16 heavy (non-hydrogen) atoms. The molecule has 0 unspecified atom stereocenters. The number of aryl methyl sites for hydroxylation is 1. The zero-order valence-electron chi connectivity index (χ0n) is 8.69. The average Bonchev–Trinajstić information content (AvgIpc) is 2.19. The molecule has 0 saturated carbocycles. The van der Waals surface area contributed by atoms with Crippen LogP contribution in [0.25, 0.3) is 0 Å². The lowest BCUT2D eigenvalue weighted by Crippen LogP contribution is -2.53. The molecule has 1 aliphatic heterocycles. The molecule has 1 saturated heterocycles. The molecule has 2 rings (SSSR count). The minimum absolute atomic E-state index is 0.149. The Bertz CT molecular complexity index is 465. The van der Waals surface area contributed by atoms with Gasteiger partial charge < -0.3 is 5.32 Å². The van der Waals surface area contributed by atoms with Crippen LogP contribution in [0.4, 0.5) is 5.69 Å². The molecule has 1 fully saturated rings. The zero-order chi connectivity index (χ0) is 11.7. The maximum Gasteiger partial charge on any atom is 0.242 e. The molecule has 2 amide bonds. The summed E-state index contributed by atoms with van der Waals surface area (Å²) in [6.45, 7) is 1.89. The summed E-state index contributed by atoms with van der Waals surface area (Å²) in [5, 5.41) is 2.63. The van der Waals surface area contributed by atoms with Crippen LogP contribution in [-0.4, -0.2) is 16.9 Å². The van der Waals surface area contributed by atoms with Crippen LogP contribution in [0.15, 0.2) is 24.3 Å². The first-order chi connectivity index (χ1) is 7.59. The number of rotatable bonds is 1. The number of carbonyl (C=O) groups is 2. The average molecular weight is 234 g/mol. The maximum absolute atomic E-state index is 11.7. The van der Waals surface area contributed by atoms with Crippen molar-refractivity contribution in [3.8, 4) is 0 Å². The predicted molar refractivity (Wildman–Crippen MR) is 64.0 cm³/mol. The Morgan fingerprint density at radius 2 is 2.00 bits per heavy atom. The summed E-state index contributed by atoms with van der Waals surface area (Å²) in [5.74, 6) is -0.636. The van der Waals surface area contributed by atoms with Gasteiger partial charge in [0, 0.05) is 0 Å². The van der Waals surface area contributed by atoms with E-state index in [2.05, 4.69) is 5.32 Å². The van der Waals surface area contributed by atoms with Crippen molar-refractivity contribution >= 4 is 34.8 Å². The highest BCUT2D eigenvalue weighted by atomic mass is 32.1. The zero-order valence-corrected chi connectivity index (χ0v) is 9.50. The van der Waals surface area contributed by atoms with E-state index in [0.29, 0.717) is 0 Å². The fourth-order valence-electron chi connectivity index (χ4n) is 1.61. The number of hydrogen-bond acceptors (Lipinski definition) is 3. The van der Waals surface area contributed by atoms with Gasteiger partial charge in [-0.15, -0.1) is 0 Å². The topological polar surface area (TPSA) is 49.4 Å². The van der Waals surface area contributed by atoms with E-state index in [4.69, 9.17) is 12.2 Å². The Hall–Kier alpha value is -1.75. The van der Waals surface area contributed by atoms with Gasteiger partial charge in [0.15, 0.2) is 5.11 Å². The number of amides is 2. The minimum Gasteiger partial charge on any atom is -0.302 e. The molecule has 0 aromatic heterocycles. The summed E-state index contributed by atoms with van der Waals surface area (Å²) in [6, 6.07) is 7.40. The van der Waals surface area contributed by atoms with Crippen molar-refractivity contribution in [2.24, 2.45) is 0 Å². The second-order valence-electron chi connectivity index (χ2n) is 3.55. The molecule has 1 N–H and O–H groups in total. The predicted octanol–water partition coefficient (Wildman–Crippen LogP) is 1.13. The van der Waals surface area contributed by atoms with Crippen molar-refractivity contribution < 1.29 is 9.59 Å². The van der Waals surface area contributed by atoms with Crippen molar-refractivity contribution in [2.75, 3.05) is 4.90 Å². The Kier molecular flexibility index (Phi) is 2.70. The summed E-state index contributed by atoms with van der Waals surface area (Å²) >= 11 is 5.00. The summed E-state index contributed by atoms with van der Waals surface area (Å²) in [6.07, 6.45) is -0.158. The van der Waals surface area contributed by atoms with Crippen LogP contribution in [0, 0.1) is 6.92 Å². The maximum atomic E-state index is 11.7. The van der Waals surface area contributed by atoms with Gasteiger partial charge in [-0.05, 0) is 30.8 Å². The Balaban J connectivity index is 2.41. The molecule has 5 heteroatoms. The molecule has 1 aliphatic rings. The number of benzene rings is 1. The van der Waals surface area contributed by atoms with Gasteiger partial charge in [-0.1, -0.05) is 18.2 Å². The fraction of sp³-hybridized carbons (Fsp3) is 0.182. The van der Waals surface area contributed by atoms with Crippen LogP contribution >= 0.6 is 12.2 Å². The highest BCUT2D eigenvalue weighted by Crippen LogP contribution is 2.21. The van der Waals surface area contributed by atoms with Crippen molar-refractivity contribution in [1.29, 1.82) is 0 Å². The Morgan fingerprint density at radius 1 is 1.31 bits per heavy atom. The first-order valence-corrected chi connectivity index (χ1v) is 5.23. The van der Waals surface area contributed by atoms with Gasteiger partial charge in [0.05, 0.1) is 5.69 Å². The van der Waals surface area contributed by atoms with Crippen LogP contribution in [0.1, 0.15) is 12.0 Å². The van der Waals surface area contributed by atoms with Crippen molar-refractivity contribution in [3.63, 3.8) is 0 Å². The lowest BCUT2D eigenvalue weighted by atomic mass is 10.1. The molecular formula is C11H10N2O2S. The third kappa shape index (κ3) is 1.81. The molecule has 0 bridgehead atoms. The molecule has 82 valence electrons. The third-order valence-electron chi connectivity index (χ3n) is 2.37. The van der Waals surface area contributed by atoms with Crippen molar-refractivity contribution in [1.82, 2.24) is 5.32 Å². The van der Waals surface area contributed by atoms with Crippen LogP contribution in [0.5, 0.6) is 0 Å². The van der Waals surface area contributed by atoms with Gasteiger partial charge >= 0.3 is 0 Å². The minimum atomic E-state index is -0.347. The van der Waals surface area contributed by atoms with Crippen LogP contribution in [-0.2, 0) is 9.59 Å². The molecule has 0 radical (unpaired) electrons. The van der Waals surface area contributed by atoms with Crippen LogP contribution < -0.4 is 10.2 Å². The second kappa shape index (κ2) is 4.02. The molecule has 0 spiro atoms. The number of para-hydroxylation sites is 1. The van der Waals surface area contributed by atoms with Gasteiger partial charge in [0.2, 0.25) is 11.8 Å². The molecular weight excluding hydrogens is 224 g/mol. The van der Waals surface area contributed by atoms with Gasteiger partial charge in [0.25, 0.3) is 0 Å². The lowest BCUT2D eigenvalue weighted by Gasteiger charge is -2.28. The van der Waals surface area contributed by atoms with E-state index >= 15 is 0 Å². The van der Waals surface area contributed by atoms with E-state index in [1.807, 2.05) is 25.1 Å². The molecule has 0 atom stereocenters. The number of thiocarbonyl (C=S) groups is 1. The van der Waals surface area contributed by atoms with E-state index in [1.165, 1.54) is 4.90 Å². The fourth-order valence-corrected chi connectivity index (χ4v) is 1.92. The van der Waals surface area contributed by atoms with Crippen molar-refractivity contribution in [2.45, 2.75) is 13.3 Å². The van der Waals surface area contributed by atoms with E-state index in [0.717, 1.165) is 11.3 Å². The monoisotopic (exact) mass is 234 g/mol. The van der Waals surface area contributed by atoms with Gasteiger partial charge in [0.1, 0.15) is 6.42 Å². The highest BCUT2D eigenvalue weighted by Gasteiger charge is 2.29. The quantitative estimate of drug-likeness (QED) is 0.585. The van der Waals surface area contributed by atoms with E-state index in [1.54, 1.807) is 6.07 Å². The third-order valence-corrected chi connectivity index (χ3v) is 2.65. The number of hydrogen-bond donors (Lipinski definition) is 1. The van der Waals surface area contributed by atoms with Gasteiger partial charge in [-0.25, -0.2) is 0 Å². The Labute approximate surface area is 98.2 Å². The summed E-state index contributed by atoms with van der Waals surface area (Å²) < 4.78 is 0. The van der Waals surface area contributed by atoms with Crippen LogP contribution in [0.2, 0.25) is 0 Å². The van der Waals surface area contributed by atoms with E-state index in [9.17, 15) is 9.59 Å². The number of anilines is 1. The summed E-state index contributed by atoms with van der Waals surface area (Å²) in [4.78, 5) is 24.2.